The third kappa shape index (κ3) is 4.89. The fourth-order valence-corrected chi connectivity index (χ4v) is 4.78. The van der Waals surface area contributed by atoms with Gasteiger partial charge in [-0.05, 0) is 60.7 Å². The number of esters is 1. The van der Waals surface area contributed by atoms with Crippen LogP contribution >= 0.6 is 0 Å². The molecule has 9 nitrogen and oxygen atoms in total. The Balaban J connectivity index is 1.57. The van der Waals surface area contributed by atoms with E-state index in [0.29, 0.717) is 46.0 Å². The summed E-state index contributed by atoms with van der Waals surface area (Å²) >= 11 is 0. The van der Waals surface area contributed by atoms with Crippen molar-refractivity contribution in [2.45, 2.75) is 0 Å². The summed E-state index contributed by atoms with van der Waals surface area (Å²) in [6, 6.07) is 32.2. The van der Waals surface area contributed by atoms with Crippen molar-refractivity contribution in [1.82, 2.24) is 15.0 Å². The minimum atomic E-state index is -0.484. The molecule has 8 bridgehead atoms. The first-order valence-electron chi connectivity index (χ1n) is 13.2. The number of hydrogen-bond acceptors (Lipinski definition) is 9. The van der Waals surface area contributed by atoms with Crippen LogP contribution in [0.4, 0.5) is 46.3 Å². The lowest BCUT2D eigenvalue weighted by Gasteiger charge is -2.28. The molecule has 1 aliphatic rings. The van der Waals surface area contributed by atoms with E-state index >= 15 is 0 Å². The molecule has 5 aromatic rings. The van der Waals surface area contributed by atoms with Crippen molar-refractivity contribution in [3.05, 3.63) is 109 Å². The summed E-state index contributed by atoms with van der Waals surface area (Å²) in [6.07, 6.45) is 0. The summed E-state index contributed by atoms with van der Waals surface area (Å²) in [7, 11) is 7.64. The lowest BCUT2D eigenvalue weighted by molar-refractivity contribution is 0.0736. The smallest absolute Gasteiger partial charge is 0.347 e. The van der Waals surface area contributed by atoms with Gasteiger partial charge >= 0.3 is 5.97 Å². The maximum Gasteiger partial charge on any atom is 0.347 e. The molecule has 6 rings (SSSR count). The summed E-state index contributed by atoms with van der Waals surface area (Å²) in [5.41, 5.74) is 1.67. The van der Waals surface area contributed by atoms with Gasteiger partial charge in [-0.3, -0.25) is 0 Å². The maximum absolute atomic E-state index is 13.9. The van der Waals surface area contributed by atoms with E-state index in [-0.39, 0.29) is 0 Å². The molecule has 0 saturated heterocycles. The highest BCUT2D eigenvalue weighted by Crippen LogP contribution is 2.37. The molecule has 0 aliphatic carbocycles. The van der Waals surface area contributed by atoms with E-state index < -0.39 is 5.97 Å². The Morgan fingerprint density at radius 2 is 0.854 bits per heavy atom. The number of hydrogen-bond donors (Lipinski definition) is 0. The Hall–Kier alpha value is -5.44. The Morgan fingerprint density at radius 3 is 1.27 bits per heavy atom. The van der Waals surface area contributed by atoms with Gasteiger partial charge in [0.15, 0.2) is 0 Å². The van der Waals surface area contributed by atoms with Crippen molar-refractivity contribution in [1.29, 1.82) is 0 Å². The highest BCUT2D eigenvalue weighted by molar-refractivity contribution is 6.04. The molecule has 41 heavy (non-hydrogen) atoms. The quantitative estimate of drug-likeness (QED) is 0.184. The van der Waals surface area contributed by atoms with E-state index in [1.54, 1.807) is 12.1 Å². The molecular weight excluding hydrogens is 514 g/mol. The van der Waals surface area contributed by atoms with Gasteiger partial charge < -0.3 is 24.3 Å². The number of ether oxygens (including phenoxy) is 1. The number of aromatic nitrogens is 3. The summed E-state index contributed by atoms with van der Waals surface area (Å²) in [5.74, 6) is 4.16. The number of carbonyl (C=O) groups is 1. The average Bonchev–Trinajstić information content (AvgIpc) is 3.03. The highest BCUT2D eigenvalue weighted by Gasteiger charge is 2.26. The largest absolute Gasteiger partial charge is 0.423 e. The van der Waals surface area contributed by atoms with E-state index in [9.17, 15) is 4.79 Å². The van der Waals surface area contributed by atoms with E-state index in [1.165, 1.54) is 0 Å². The van der Waals surface area contributed by atoms with Crippen LogP contribution < -0.4 is 24.3 Å². The van der Waals surface area contributed by atoms with Gasteiger partial charge in [0.05, 0.1) is 11.4 Å². The molecule has 9 heteroatoms. The molecule has 1 aliphatic heterocycles. The maximum atomic E-state index is 13.9. The molecule has 0 fully saturated rings. The van der Waals surface area contributed by atoms with Crippen LogP contribution in [0, 0.1) is 0 Å². The number of benzene rings is 2. The monoisotopic (exact) mass is 543 g/mol. The predicted molar refractivity (Wildman–Crippen MR) is 163 cm³/mol. The van der Waals surface area contributed by atoms with Crippen molar-refractivity contribution >= 4 is 52.3 Å². The van der Waals surface area contributed by atoms with Crippen LogP contribution in [0.2, 0.25) is 0 Å². The number of rotatable bonds is 2. The van der Waals surface area contributed by atoms with Gasteiger partial charge in [-0.2, -0.15) is 0 Å². The molecule has 0 amide bonds. The van der Waals surface area contributed by atoms with Crippen molar-refractivity contribution in [3.8, 4) is 5.75 Å². The molecule has 0 saturated carbocycles. The molecule has 0 atom stereocenters. The van der Waals surface area contributed by atoms with Gasteiger partial charge in [0.2, 0.25) is 0 Å². The minimum absolute atomic E-state index is 0.390. The van der Waals surface area contributed by atoms with E-state index in [0.717, 1.165) is 11.6 Å². The zero-order valence-electron chi connectivity index (χ0n) is 23.3. The van der Waals surface area contributed by atoms with Gasteiger partial charge in [0, 0.05) is 28.2 Å². The lowest BCUT2D eigenvalue weighted by Crippen LogP contribution is -2.24. The topological polar surface area (TPSA) is 77.9 Å². The van der Waals surface area contributed by atoms with E-state index in [1.807, 2.05) is 139 Å². The minimum Gasteiger partial charge on any atom is -0.423 e. The van der Waals surface area contributed by atoms with Crippen molar-refractivity contribution in [2.24, 2.45) is 0 Å². The second kappa shape index (κ2) is 10.6. The normalized spacial score (nSPS) is 12.8. The average molecular weight is 544 g/mol. The van der Waals surface area contributed by atoms with Gasteiger partial charge in [0.1, 0.15) is 46.2 Å². The lowest BCUT2D eigenvalue weighted by atomic mass is 10.1. The number of carbonyl (C=O) groups excluding carboxylic acids is 1. The molecule has 2 aromatic carbocycles. The first kappa shape index (κ1) is 25.8. The first-order valence-corrected chi connectivity index (χ1v) is 13.2. The van der Waals surface area contributed by atoms with Gasteiger partial charge in [-0.15, -0.1) is 0 Å². The van der Waals surface area contributed by atoms with Gasteiger partial charge in [-0.25, -0.2) is 19.7 Å². The van der Waals surface area contributed by atoms with Crippen LogP contribution in [0.5, 0.6) is 5.75 Å². The fraction of sp³-hybridized carbons (Fsp3) is 0.125. The molecule has 204 valence electrons. The van der Waals surface area contributed by atoms with Crippen molar-refractivity contribution in [2.75, 3.05) is 47.8 Å². The van der Waals surface area contributed by atoms with Gasteiger partial charge in [-0.1, -0.05) is 42.5 Å². The van der Waals surface area contributed by atoms with Crippen molar-refractivity contribution < 1.29 is 9.53 Å². The summed E-state index contributed by atoms with van der Waals surface area (Å²) in [4.78, 5) is 36.3. The summed E-state index contributed by atoms with van der Waals surface area (Å²) in [6.45, 7) is 0. The Kier molecular flexibility index (Phi) is 6.68. The van der Waals surface area contributed by atoms with Crippen LogP contribution in [0.1, 0.15) is 10.4 Å². The third-order valence-corrected chi connectivity index (χ3v) is 7.12. The molecule has 0 spiro atoms. The standard InChI is InChI=1S/C32H29N7O2/c1-36-23-14-8-15-24(31(23)32(40)41-22-12-6-5-7-13-22)37(2)26-17-10-19-28(34-26)39(4)30-21-11-20-29(35-30)38(3)27-18-9-16-25(36)33-27/h5-21H,1-4H3. The summed E-state index contributed by atoms with van der Waals surface area (Å²) in [5, 5.41) is 0. The molecule has 3 aromatic heterocycles. The zero-order chi connectivity index (χ0) is 28.5. The SMILES string of the molecule is CN1c2cccc(n2)N(C)c2cccc(n2)N(C)c2cccc(c2C(=O)Oc2ccccc2)N(C)c2cccc1n2. The Morgan fingerprint density at radius 1 is 0.488 bits per heavy atom. The van der Waals surface area contributed by atoms with Crippen LogP contribution in [-0.2, 0) is 0 Å². The molecule has 4 heterocycles. The Labute approximate surface area is 238 Å². The number of para-hydroxylation sites is 1. The molecule has 0 unspecified atom stereocenters. The van der Waals surface area contributed by atoms with Crippen LogP contribution in [0.25, 0.3) is 0 Å². The number of pyridine rings is 3. The first-order chi connectivity index (χ1) is 19.9. The fourth-order valence-electron chi connectivity index (χ4n) is 4.78. The Bertz CT molecular complexity index is 1630. The second-order valence-electron chi connectivity index (χ2n) is 9.67. The van der Waals surface area contributed by atoms with Gasteiger partial charge in [0.25, 0.3) is 0 Å². The number of fused-ring (bicyclic) bond motifs is 8. The molecular formula is C32H29N7O2. The summed E-state index contributed by atoms with van der Waals surface area (Å²) < 4.78 is 5.87. The van der Waals surface area contributed by atoms with E-state index in [2.05, 4.69) is 0 Å². The van der Waals surface area contributed by atoms with E-state index in [4.69, 9.17) is 19.7 Å². The highest BCUT2D eigenvalue weighted by atomic mass is 16.5. The predicted octanol–water partition coefficient (Wildman–Crippen LogP) is 6.48. The third-order valence-electron chi connectivity index (χ3n) is 7.12. The van der Waals surface area contributed by atoms with Crippen LogP contribution in [0.15, 0.2) is 103 Å². The molecule has 0 N–H and O–H groups in total. The molecule has 0 radical (unpaired) electrons. The number of nitrogens with zero attached hydrogens (tertiary/aromatic N) is 7. The van der Waals surface area contributed by atoms with Crippen LogP contribution in [0.3, 0.4) is 0 Å². The van der Waals surface area contributed by atoms with Crippen LogP contribution in [-0.4, -0.2) is 49.1 Å². The van der Waals surface area contributed by atoms with Crippen molar-refractivity contribution in [3.63, 3.8) is 0 Å². The number of anilines is 8. The zero-order valence-corrected chi connectivity index (χ0v) is 23.3. The second-order valence-corrected chi connectivity index (χ2v) is 9.67.